The molecule has 0 saturated carbocycles. The molecule has 1 atom stereocenters. The number of carbonyl (C=O) groups is 1. The molecule has 0 heterocycles. The van der Waals surface area contributed by atoms with Crippen LogP contribution in [0.25, 0.3) is 0 Å². The SMILES string of the molecule is COc1ccc(C(=O)C(C)NCCN(C)C)cc1N. The van der Waals surface area contributed by atoms with Crippen LogP contribution in [0.2, 0.25) is 0 Å². The normalized spacial score (nSPS) is 12.5. The van der Waals surface area contributed by atoms with Crippen molar-refractivity contribution < 1.29 is 9.53 Å². The van der Waals surface area contributed by atoms with Crippen LogP contribution < -0.4 is 15.8 Å². The first-order chi connectivity index (χ1) is 8.95. The Morgan fingerprint density at radius 3 is 2.68 bits per heavy atom. The number of nitrogen functional groups attached to an aromatic ring is 1. The standard InChI is InChI=1S/C14H23N3O2/c1-10(16-7-8-17(2)3)14(18)11-5-6-13(19-4)12(15)9-11/h5-6,9-10,16H,7-8,15H2,1-4H3. The van der Waals surface area contributed by atoms with Crippen molar-refractivity contribution in [2.24, 2.45) is 0 Å². The zero-order valence-corrected chi connectivity index (χ0v) is 12.1. The minimum absolute atomic E-state index is 0.0353. The van der Waals surface area contributed by atoms with Gasteiger partial charge in [-0.2, -0.15) is 0 Å². The highest BCUT2D eigenvalue weighted by molar-refractivity contribution is 6.00. The molecular formula is C14H23N3O2. The Morgan fingerprint density at radius 1 is 1.47 bits per heavy atom. The summed E-state index contributed by atoms with van der Waals surface area (Å²) in [5.74, 6) is 0.623. The van der Waals surface area contributed by atoms with E-state index in [0.717, 1.165) is 13.1 Å². The van der Waals surface area contributed by atoms with Gasteiger partial charge in [-0.05, 0) is 39.2 Å². The molecule has 0 amide bonds. The summed E-state index contributed by atoms with van der Waals surface area (Å²) in [6.07, 6.45) is 0. The summed E-state index contributed by atoms with van der Waals surface area (Å²) in [5, 5.41) is 3.20. The summed E-state index contributed by atoms with van der Waals surface area (Å²) in [4.78, 5) is 14.3. The fourth-order valence-electron chi connectivity index (χ4n) is 1.73. The topological polar surface area (TPSA) is 67.6 Å². The van der Waals surface area contributed by atoms with E-state index < -0.39 is 0 Å². The number of nitrogens with zero attached hydrogens (tertiary/aromatic N) is 1. The van der Waals surface area contributed by atoms with E-state index in [1.165, 1.54) is 0 Å². The number of hydrogen-bond donors (Lipinski definition) is 2. The number of anilines is 1. The molecule has 0 radical (unpaired) electrons. The van der Waals surface area contributed by atoms with Gasteiger partial charge in [0, 0.05) is 18.7 Å². The number of ketones is 1. The molecule has 5 nitrogen and oxygen atoms in total. The van der Waals surface area contributed by atoms with E-state index in [2.05, 4.69) is 10.2 Å². The fraction of sp³-hybridized carbons (Fsp3) is 0.500. The first-order valence-corrected chi connectivity index (χ1v) is 6.31. The highest BCUT2D eigenvalue weighted by atomic mass is 16.5. The van der Waals surface area contributed by atoms with Gasteiger partial charge in [-0.3, -0.25) is 4.79 Å². The van der Waals surface area contributed by atoms with Gasteiger partial charge in [-0.1, -0.05) is 0 Å². The third-order valence-electron chi connectivity index (χ3n) is 2.92. The molecule has 1 unspecified atom stereocenters. The van der Waals surface area contributed by atoms with Gasteiger partial charge in [-0.25, -0.2) is 0 Å². The van der Waals surface area contributed by atoms with Gasteiger partial charge < -0.3 is 20.7 Å². The molecule has 1 aromatic carbocycles. The molecule has 0 aliphatic heterocycles. The van der Waals surface area contributed by atoms with Crippen molar-refractivity contribution in [1.29, 1.82) is 0 Å². The van der Waals surface area contributed by atoms with Crippen LogP contribution in [-0.2, 0) is 0 Å². The second-order valence-corrected chi connectivity index (χ2v) is 4.80. The summed E-state index contributed by atoms with van der Waals surface area (Å²) in [6, 6.07) is 4.88. The molecule has 0 fully saturated rings. The van der Waals surface area contributed by atoms with Crippen molar-refractivity contribution in [2.45, 2.75) is 13.0 Å². The van der Waals surface area contributed by atoms with E-state index in [0.29, 0.717) is 17.0 Å². The molecule has 0 spiro atoms. The Bertz CT molecular complexity index is 433. The molecule has 1 aromatic rings. The summed E-state index contributed by atoms with van der Waals surface area (Å²) >= 11 is 0. The number of Topliss-reactive ketones (excluding diaryl/α,β-unsaturated/α-hetero) is 1. The number of nitrogens with one attached hydrogen (secondary N) is 1. The quantitative estimate of drug-likeness (QED) is 0.568. The molecule has 0 aliphatic rings. The largest absolute Gasteiger partial charge is 0.495 e. The number of rotatable bonds is 7. The lowest BCUT2D eigenvalue weighted by atomic mass is 10.0. The van der Waals surface area contributed by atoms with Gasteiger partial charge in [0.15, 0.2) is 5.78 Å². The van der Waals surface area contributed by atoms with E-state index in [9.17, 15) is 4.79 Å². The lowest BCUT2D eigenvalue weighted by Gasteiger charge is -2.16. The number of carbonyl (C=O) groups excluding carboxylic acids is 1. The number of methoxy groups -OCH3 is 1. The molecule has 0 bridgehead atoms. The van der Waals surface area contributed by atoms with Crippen molar-refractivity contribution in [2.75, 3.05) is 40.0 Å². The average Bonchev–Trinajstić information content (AvgIpc) is 2.37. The second-order valence-electron chi connectivity index (χ2n) is 4.80. The van der Waals surface area contributed by atoms with Gasteiger partial charge >= 0.3 is 0 Å². The van der Waals surface area contributed by atoms with Crippen molar-refractivity contribution in [1.82, 2.24) is 10.2 Å². The maximum atomic E-state index is 12.2. The number of ether oxygens (including phenoxy) is 1. The Kier molecular flexibility index (Phi) is 5.79. The fourth-order valence-corrected chi connectivity index (χ4v) is 1.73. The van der Waals surface area contributed by atoms with Gasteiger partial charge in [0.05, 0.1) is 18.8 Å². The predicted octanol–water partition coefficient (Wildman–Crippen LogP) is 1.000. The second kappa shape index (κ2) is 7.11. The van der Waals surface area contributed by atoms with Crippen LogP contribution in [0.4, 0.5) is 5.69 Å². The van der Waals surface area contributed by atoms with E-state index >= 15 is 0 Å². The van der Waals surface area contributed by atoms with Crippen LogP contribution in [0, 0.1) is 0 Å². The van der Waals surface area contributed by atoms with Crippen molar-refractivity contribution in [3.8, 4) is 5.75 Å². The van der Waals surface area contributed by atoms with Crippen LogP contribution in [0.5, 0.6) is 5.75 Å². The Morgan fingerprint density at radius 2 is 2.16 bits per heavy atom. The third-order valence-corrected chi connectivity index (χ3v) is 2.92. The smallest absolute Gasteiger partial charge is 0.179 e. The van der Waals surface area contributed by atoms with Crippen LogP contribution >= 0.6 is 0 Å². The molecule has 0 saturated heterocycles. The zero-order valence-electron chi connectivity index (χ0n) is 12.1. The number of hydrogen-bond acceptors (Lipinski definition) is 5. The van der Waals surface area contributed by atoms with Gasteiger partial charge in [-0.15, -0.1) is 0 Å². The Hall–Kier alpha value is -1.59. The molecule has 3 N–H and O–H groups in total. The number of nitrogens with two attached hydrogens (primary N) is 1. The minimum Gasteiger partial charge on any atom is -0.495 e. The first kappa shape index (κ1) is 15.5. The Labute approximate surface area is 114 Å². The molecule has 19 heavy (non-hydrogen) atoms. The van der Waals surface area contributed by atoms with Gasteiger partial charge in [0.25, 0.3) is 0 Å². The molecule has 1 rings (SSSR count). The van der Waals surface area contributed by atoms with Crippen molar-refractivity contribution >= 4 is 11.5 Å². The molecule has 5 heteroatoms. The monoisotopic (exact) mass is 265 g/mol. The maximum absolute atomic E-state index is 12.2. The van der Waals surface area contributed by atoms with Crippen molar-refractivity contribution in [3.05, 3.63) is 23.8 Å². The van der Waals surface area contributed by atoms with E-state index in [-0.39, 0.29) is 11.8 Å². The van der Waals surface area contributed by atoms with Crippen LogP contribution in [0.3, 0.4) is 0 Å². The van der Waals surface area contributed by atoms with E-state index in [1.54, 1.807) is 25.3 Å². The lowest BCUT2D eigenvalue weighted by molar-refractivity contribution is 0.0950. The van der Waals surface area contributed by atoms with E-state index in [4.69, 9.17) is 10.5 Å². The summed E-state index contributed by atoms with van der Waals surface area (Å²) in [5.41, 5.74) is 6.89. The average molecular weight is 265 g/mol. The predicted molar refractivity (Wildman–Crippen MR) is 77.8 cm³/mol. The maximum Gasteiger partial charge on any atom is 0.179 e. The molecule has 106 valence electrons. The van der Waals surface area contributed by atoms with Crippen molar-refractivity contribution in [3.63, 3.8) is 0 Å². The zero-order chi connectivity index (χ0) is 14.4. The van der Waals surface area contributed by atoms with Crippen LogP contribution in [0.1, 0.15) is 17.3 Å². The highest BCUT2D eigenvalue weighted by Gasteiger charge is 2.15. The summed E-state index contributed by atoms with van der Waals surface area (Å²) in [6.45, 7) is 3.52. The first-order valence-electron chi connectivity index (χ1n) is 6.31. The number of benzene rings is 1. The Balaban J connectivity index is 2.64. The third kappa shape index (κ3) is 4.54. The summed E-state index contributed by atoms with van der Waals surface area (Å²) in [7, 11) is 5.55. The molecule has 0 aliphatic carbocycles. The van der Waals surface area contributed by atoms with E-state index in [1.807, 2.05) is 21.0 Å². The minimum atomic E-state index is -0.229. The molecular weight excluding hydrogens is 242 g/mol. The number of likely N-dealkylation sites (N-methyl/N-ethyl adjacent to an activating group) is 1. The molecule has 0 aromatic heterocycles. The van der Waals surface area contributed by atoms with Crippen LogP contribution in [0.15, 0.2) is 18.2 Å². The van der Waals surface area contributed by atoms with Gasteiger partial charge in [0.2, 0.25) is 0 Å². The van der Waals surface area contributed by atoms with Gasteiger partial charge in [0.1, 0.15) is 5.75 Å². The highest BCUT2D eigenvalue weighted by Crippen LogP contribution is 2.22. The summed E-state index contributed by atoms with van der Waals surface area (Å²) < 4.78 is 5.07. The van der Waals surface area contributed by atoms with Crippen LogP contribution in [-0.4, -0.2) is 51.0 Å². The lowest BCUT2D eigenvalue weighted by Crippen LogP contribution is -2.38.